The number of unbranched alkanes of at least 4 members (excludes halogenated alkanes) is 7. The number of carbonyl (C=O) groups excluding carboxylic acids is 2. The van der Waals surface area contributed by atoms with Gasteiger partial charge in [0, 0.05) is 6.54 Å². The van der Waals surface area contributed by atoms with Gasteiger partial charge in [0.05, 0.1) is 6.04 Å². The minimum Gasteiger partial charge on any atom is -0.509 e. The van der Waals surface area contributed by atoms with E-state index < -0.39 is 0 Å². The van der Waals surface area contributed by atoms with Crippen LogP contribution in [-0.2, 0) is 9.59 Å². The second kappa shape index (κ2) is 9.74. The maximum atomic E-state index is 12.4. The summed E-state index contributed by atoms with van der Waals surface area (Å²) in [6.45, 7) is 8.13. The largest absolute Gasteiger partial charge is 0.509 e. The summed E-state index contributed by atoms with van der Waals surface area (Å²) in [7, 11) is 0. The van der Waals surface area contributed by atoms with Gasteiger partial charge >= 0.3 is 0 Å². The summed E-state index contributed by atoms with van der Waals surface area (Å²) < 4.78 is 0. The summed E-state index contributed by atoms with van der Waals surface area (Å²) >= 11 is 0. The zero-order valence-corrected chi connectivity index (χ0v) is 15.2. The number of amides is 1. The maximum Gasteiger partial charge on any atom is 0.261 e. The Bertz CT molecular complexity index is 440. The van der Waals surface area contributed by atoms with E-state index in [9.17, 15) is 14.7 Å². The lowest BCUT2D eigenvalue weighted by Gasteiger charge is -2.28. The Kier molecular flexibility index (Phi) is 8.35. The number of aliphatic hydroxyl groups is 1. The quantitative estimate of drug-likeness (QED) is 0.453. The Labute approximate surface area is 140 Å². The molecule has 23 heavy (non-hydrogen) atoms. The minimum absolute atomic E-state index is 0.0109. The predicted molar refractivity (Wildman–Crippen MR) is 93.3 cm³/mol. The second-order valence-corrected chi connectivity index (χ2v) is 6.98. The monoisotopic (exact) mass is 323 g/mol. The highest BCUT2D eigenvalue weighted by atomic mass is 16.3. The van der Waals surface area contributed by atoms with E-state index in [2.05, 4.69) is 6.92 Å². The van der Waals surface area contributed by atoms with Gasteiger partial charge in [-0.2, -0.15) is 0 Å². The lowest BCUT2D eigenvalue weighted by Crippen LogP contribution is -2.40. The lowest BCUT2D eigenvalue weighted by atomic mass is 10.0. The highest BCUT2D eigenvalue weighted by Gasteiger charge is 2.42. The molecule has 0 radical (unpaired) electrons. The molecule has 0 spiro atoms. The van der Waals surface area contributed by atoms with E-state index in [1.165, 1.54) is 45.4 Å². The molecule has 4 heteroatoms. The Balaban J connectivity index is 2.44. The Morgan fingerprint density at radius 2 is 1.61 bits per heavy atom. The Morgan fingerprint density at radius 3 is 2.09 bits per heavy atom. The molecule has 1 heterocycles. The molecule has 0 saturated carbocycles. The summed E-state index contributed by atoms with van der Waals surface area (Å²) in [4.78, 5) is 25.7. The van der Waals surface area contributed by atoms with Crippen molar-refractivity contribution in [3.8, 4) is 0 Å². The van der Waals surface area contributed by atoms with Crippen molar-refractivity contribution in [2.75, 3.05) is 6.54 Å². The molecule has 1 rings (SSSR count). The first-order valence-corrected chi connectivity index (χ1v) is 9.16. The second-order valence-electron chi connectivity index (χ2n) is 6.98. The molecule has 1 unspecified atom stereocenters. The van der Waals surface area contributed by atoms with Crippen molar-refractivity contribution in [2.24, 2.45) is 5.92 Å². The van der Waals surface area contributed by atoms with Crippen molar-refractivity contribution >= 4 is 11.7 Å². The zero-order chi connectivity index (χ0) is 17.4. The van der Waals surface area contributed by atoms with Gasteiger partial charge in [-0.1, -0.05) is 65.7 Å². The van der Waals surface area contributed by atoms with E-state index in [-0.39, 0.29) is 35.0 Å². The van der Waals surface area contributed by atoms with Crippen LogP contribution in [0.5, 0.6) is 0 Å². The summed E-state index contributed by atoms with van der Waals surface area (Å²) in [5, 5.41) is 10.2. The predicted octanol–water partition coefficient (Wildman–Crippen LogP) is 4.40. The molecular weight excluding hydrogens is 290 g/mol. The maximum absolute atomic E-state index is 12.4. The SMILES string of the molecule is CCCCCCCCCCN1C(=O)C(C(C)=O)=C(O)C1C(C)C. The van der Waals surface area contributed by atoms with Gasteiger partial charge in [0.2, 0.25) is 0 Å². The molecular formula is C19H33NO3. The number of rotatable bonds is 11. The minimum atomic E-state index is -0.342. The van der Waals surface area contributed by atoms with E-state index in [0.29, 0.717) is 6.54 Å². The fourth-order valence-corrected chi connectivity index (χ4v) is 3.34. The standard InChI is InChI=1S/C19H33NO3/c1-5-6-7-8-9-10-11-12-13-20-17(14(2)3)18(22)16(15(4)21)19(20)23/h14,17,22H,5-13H2,1-4H3. The van der Waals surface area contributed by atoms with Crippen LogP contribution < -0.4 is 0 Å². The van der Waals surface area contributed by atoms with E-state index in [0.717, 1.165) is 12.8 Å². The van der Waals surface area contributed by atoms with Gasteiger partial charge in [0.1, 0.15) is 11.3 Å². The Hall–Kier alpha value is -1.32. The average molecular weight is 323 g/mol. The van der Waals surface area contributed by atoms with Crippen LogP contribution in [0, 0.1) is 5.92 Å². The van der Waals surface area contributed by atoms with Crippen LogP contribution in [0.3, 0.4) is 0 Å². The third-order valence-electron chi connectivity index (χ3n) is 4.58. The van der Waals surface area contributed by atoms with E-state index >= 15 is 0 Å². The van der Waals surface area contributed by atoms with Crippen LogP contribution in [0.25, 0.3) is 0 Å². The van der Waals surface area contributed by atoms with Crippen molar-refractivity contribution in [1.82, 2.24) is 4.90 Å². The average Bonchev–Trinajstić information content (AvgIpc) is 2.72. The molecule has 0 fully saturated rings. The zero-order valence-electron chi connectivity index (χ0n) is 15.2. The molecule has 1 amide bonds. The molecule has 0 saturated heterocycles. The molecule has 1 aliphatic heterocycles. The molecule has 0 bridgehead atoms. The van der Waals surface area contributed by atoms with Crippen molar-refractivity contribution in [2.45, 2.75) is 85.1 Å². The first-order chi connectivity index (χ1) is 10.9. The summed E-state index contributed by atoms with van der Waals surface area (Å²) in [5.41, 5.74) is -0.0109. The first kappa shape index (κ1) is 19.7. The van der Waals surface area contributed by atoms with Gasteiger partial charge < -0.3 is 10.0 Å². The fraction of sp³-hybridized carbons (Fsp3) is 0.789. The molecule has 0 aromatic rings. The number of nitrogens with zero attached hydrogens (tertiary/aromatic N) is 1. The molecule has 4 nitrogen and oxygen atoms in total. The topological polar surface area (TPSA) is 57.6 Å². The van der Waals surface area contributed by atoms with E-state index in [4.69, 9.17) is 0 Å². The van der Waals surface area contributed by atoms with Gasteiger partial charge in [-0.3, -0.25) is 9.59 Å². The summed E-state index contributed by atoms with van der Waals surface area (Å²) in [5.74, 6) is -0.560. The van der Waals surface area contributed by atoms with Crippen molar-refractivity contribution in [1.29, 1.82) is 0 Å². The first-order valence-electron chi connectivity index (χ1n) is 9.16. The fourth-order valence-electron chi connectivity index (χ4n) is 3.34. The molecule has 132 valence electrons. The number of Topliss-reactive ketones (excluding diaryl/α,β-unsaturated/α-hetero) is 1. The Morgan fingerprint density at radius 1 is 1.09 bits per heavy atom. The van der Waals surface area contributed by atoms with Gasteiger partial charge in [0.15, 0.2) is 5.78 Å². The summed E-state index contributed by atoms with van der Waals surface area (Å²) in [6.07, 6.45) is 9.66. The van der Waals surface area contributed by atoms with Crippen molar-refractivity contribution in [3.05, 3.63) is 11.3 Å². The normalized spacial score (nSPS) is 18.4. The molecule has 1 aliphatic rings. The van der Waals surface area contributed by atoms with Gasteiger partial charge in [-0.15, -0.1) is 0 Å². The third kappa shape index (κ3) is 5.36. The highest BCUT2D eigenvalue weighted by molar-refractivity contribution is 6.20. The van der Waals surface area contributed by atoms with E-state index in [1.54, 1.807) is 4.90 Å². The van der Waals surface area contributed by atoms with E-state index in [1.807, 2.05) is 13.8 Å². The molecule has 0 aliphatic carbocycles. The van der Waals surface area contributed by atoms with Crippen molar-refractivity contribution in [3.63, 3.8) is 0 Å². The molecule has 1 atom stereocenters. The molecule has 0 aromatic carbocycles. The van der Waals surface area contributed by atoms with Crippen LogP contribution in [-0.4, -0.2) is 34.3 Å². The number of hydrogen-bond acceptors (Lipinski definition) is 3. The number of carbonyl (C=O) groups is 2. The molecule has 0 aromatic heterocycles. The number of ketones is 1. The van der Waals surface area contributed by atoms with Crippen molar-refractivity contribution < 1.29 is 14.7 Å². The van der Waals surface area contributed by atoms with Crippen LogP contribution in [0.2, 0.25) is 0 Å². The van der Waals surface area contributed by atoms with Crippen LogP contribution in [0.15, 0.2) is 11.3 Å². The number of aliphatic hydroxyl groups excluding tert-OH is 1. The highest BCUT2D eigenvalue weighted by Crippen LogP contribution is 2.30. The van der Waals surface area contributed by atoms with Crippen LogP contribution in [0.1, 0.15) is 79.1 Å². The number of hydrogen-bond donors (Lipinski definition) is 1. The smallest absolute Gasteiger partial charge is 0.261 e. The van der Waals surface area contributed by atoms with Crippen LogP contribution >= 0.6 is 0 Å². The summed E-state index contributed by atoms with van der Waals surface area (Å²) in [6, 6.07) is -0.342. The molecule has 1 N–H and O–H groups in total. The van der Waals surface area contributed by atoms with Gasteiger partial charge in [-0.25, -0.2) is 0 Å². The lowest BCUT2D eigenvalue weighted by molar-refractivity contribution is -0.129. The van der Waals surface area contributed by atoms with Crippen LogP contribution in [0.4, 0.5) is 0 Å². The third-order valence-corrected chi connectivity index (χ3v) is 4.58. The van der Waals surface area contributed by atoms with Gasteiger partial charge in [0.25, 0.3) is 5.91 Å². The van der Waals surface area contributed by atoms with Gasteiger partial charge in [-0.05, 0) is 19.3 Å².